The van der Waals surface area contributed by atoms with Crippen LogP contribution in [0.15, 0.2) is 88.0 Å². The lowest BCUT2D eigenvalue weighted by molar-refractivity contribution is -0.672. The van der Waals surface area contributed by atoms with E-state index in [1.165, 1.54) is 26.2 Å². The van der Waals surface area contributed by atoms with Gasteiger partial charge in [0.2, 0.25) is 11.5 Å². The molecule has 12 heteroatoms. The SMILES string of the molecule is COc1ccc(-[n+]2noc([O-])c2C(=O)CSC2=N/C(=C/c3cccc(OC)c3OC)C(=O)N2c2ccccc2)cc1. The highest BCUT2D eigenvalue weighted by Crippen LogP contribution is 2.35. The molecule has 0 unspecified atom stereocenters. The van der Waals surface area contributed by atoms with E-state index < -0.39 is 11.7 Å². The van der Waals surface area contributed by atoms with E-state index in [1.807, 2.05) is 6.07 Å². The number of nitrogens with zero attached hydrogens (tertiary/aromatic N) is 4. The average Bonchev–Trinajstić information content (AvgIpc) is 3.55. The van der Waals surface area contributed by atoms with Crippen LogP contribution < -0.4 is 28.9 Å². The quantitative estimate of drug-likeness (QED) is 0.168. The molecule has 0 saturated carbocycles. The molecule has 2 heterocycles. The Labute approximate surface area is 239 Å². The van der Waals surface area contributed by atoms with Gasteiger partial charge in [-0.2, -0.15) is 0 Å². The van der Waals surface area contributed by atoms with E-state index in [0.29, 0.717) is 34.2 Å². The molecule has 5 rings (SSSR count). The third kappa shape index (κ3) is 5.50. The van der Waals surface area contributed by atoms with Crippen molar-refractivity contribution in [3.05, 3.63) is 89.8 Å². The summed E-state index contributed by atoms with van der Waals surface area (Å²) >= 11 is 1.01. The minimum absolute atomic E-state index is 0.137. The smallest absolute Gasteiger partial charge is 0.307 e. The summed E-state index contributed by atoms with van der Waals surface area (Å²) in [5.41, 5.74) is 1.49. The number of aromatic nitrogens is 2. The Balaban J connectivity index is 1.46. The second-order valence-corrected chi connectivity index (χ2v) is 9.46. The number of thioether (sulfide) groups is 1. The molecule has 0 bridgehead atoms. The van der Waals surface area contributed by atoms with Crippen LogP contribution in [0.4, 0.5) is 5.69 Å². The van der Waals surface area contributed by atoms with Crippen LogP contribution >= 0.6 is 11.8 Å². The van der Waals surface area contributed by atoms with E-state index in [4.69, 9.17) is 18.7 Å². The lowest BCUT2D eigenvalue weighted by Gasteiger charge is -2.17. The number of amides is 1. The molecule has 0 aliphatic carbocycles. The Morgan fingerprint density at radius 3 is 2.44 bits per heavy atom. The number of amidine groups is 1. The molecule has 0 spiro atoms. The zero-order valence-electron chi connectivity index (χ0n) is 22.3. The van der Waals surface area contributed by atoms with E-state index in [0.717, 1.165) is 16.4 Å². The van der Waals surface area contributed by atoms with Crippen molar-refractivity contribution in [2.24, 2.45) is 4.99 Å². The van der Waals surface area contributed by atoms with Gasteiger partial charge in [-0.1, -0.05) is 42.1 Å². The van der Waals surface area contributed by atoms with Crippen LogP contribution in [0.3, 0.4) is 0 Å². The number of methoxy groups -OCH3 is 3. The minimum Gasteiger partial charge on any atom is -0.539 e. The molecule has 1 amide bonds. The maximum atomic E-state index is 13.6. The van der Waals surface area contributed by atoms with Gasteiger partial charge in [-0.25, -0.2) is 4.99 Å². The van der Waals surface area contributed by atoms with Gasteiger partial charge in [0.1, 0.15) is 11.4 Å². The predicted octanol–water partition coefficient (Wildman–Crippen LogP) is 3.41. The molecule has 3 aromatic carbocycles. The summed E-state index contributed by atoms with van der Waals surface area (Å²) in [7, 11) is 4.57. The molecule has 11 nitrogen and oxygen atoms in total. The second-order valence-electron chi connectivity index (χ2n) is 8.51. The third-order valence-electron chi connectivity index (χ3n) is 6.09. The van der Waals surface area contributed by atoms with Crippen LogP contribution in [-0.2, 0) is 4.79 Å². The van der Waals surface area contributed by atoms with Gasteiger partial charge in [0.05, 0.1) is 38.0 Å². The van der Waals surface area contributed by atoms with Crippen molar-refractivity contribution in [1.82, 2.24) is 5.27 Å². The van der Waals surface area contributed by atoms with Crippen molar-refractivity contribution in [1.29, 1.82) is 0 Å². The number of ketones is 1. The van der Waals surface area contributed by atoms with Crippen molar-refractivity contribution in [3.8, 4) is 28.9 Å². The second kappa shape index (κ2) is 12.0. The van der Waals surface area contributed by atoms with Crippen LogP contribution in [0.5, 0.6) is 23.2 Å². The van der Waals surface area contributed by atoms with E-state index in [2.05, 4.69) is 10.3 Å². The minimum atomic E-state index is -0.874. The monoisotopic (exact) mass is 572 g/mol. The fourth-order valence-electron chi connectivity index (χ4n) is 4.15. The van der Waals surface area contributed by atoms with Gasteiger partial charge in [-0.3, -0.25) is 14.5 Å². The first-order chi connectivity index (χ1) is 19.9. The zero-order chi connectivity index (χ0) is 28.9. The van der Waals surface area contributed by atoms with Crippen LogP contribution in [0.2, 0.25) is 0 Å². The summed E-state index contributed by atoms with van der Waals surface area (Å²) < 4.78 is 22.0. The van der Waals surface area contributed by atoms with Gasteiger partial charge < -0.3 is 23.8 Å². The van der Waals surface area contributed by atoms with Crippen molar-refractivity contribution in [2.45, 2.75) is 0 Å². The van der Waals surface area contributed by atoms with Crippen LogP contribution in [0, 0.1) is 0 Å². The van der Waals surface area contributed by atoms with Crippen LogP contribution in [-0.4, -0.2) is 49.2 Å². The Bertz CT molecular complexity index is 1650. The van der Waals surface area contributed by atoms with Gasteiger partial charge in [0, 0.05) is 17.7 Å². The highest BCUT2D eigenvalue weighted by Gasteiger charge is 2.34. The van der Waals surface area contributed by atoms with E-state index in [9.17, 15) is 14.7 Å². The molecular weight excluding hydrogens is 548 g/mol. The van der Waals surface area contributed by atoms with Crippen LogP contribution in [0.1, 0.15) is 16.1 Å². The number of rotatable bonds is 9. The first-order valence-corrected chi connectivity index (χ1v) is 13.2. The lowest BCUT2D eigenvalue weighted by Crippen LogP contribution is -2.39. The fourth-order valence-corrected chi connectivity index (χ4v) is 5.03. The van der Waals surface area contributed by atoms with Gasteiger partial charge in [0.25, 0.3) is 5.91 Å². The molecule has 0 N–H and O–H groups in total. The number of carbonyl (C=O) groups is 2. The molecule has 0 saturated heterocycles. The Morgan fingerprint density at radius 1 is 1.00 bits per heavy atom. The topological polar surface area (TPSA) is 130 Å². The number of hydrogen-bond acceptors (Lipinski definition) is 10. The Morgan fingerprint density at radius 2 is 1.76 bits per heavy atom. The first kappa shape index (κ1) is 27.5. The highest BCUT2D eigenvalue weighted by atomic mass is 32.2. The summed E-state index contributed by atoms with van der Waals surface area (Å²) in [4.78, 5) is 32.8. The molecule has 0 fully saturated rings. The van der Waals surface area contributed by atoms with Gasteiger partial charge >= 0.3 is 5.69 Å². The summed E-state index contributed by atoms with van der Waals surface area (Å²) in [6.45, 7) is 0. The Hall–Kier alpha value is -5.10. The van der Waals surface area contributed by atoms with Crippen molar-refractivity contribution < 1.29 is 38.1 Å². The van der Waals surface area contributed by atoms with E-state index >= 15 is 0 Å². The summed E-state index contributed by atoms with van der Waals surface area (Å²) in [5, 5.41) is 16.5. The largest absolute Gasteiger partial charge is 0.539 e. The number of anilines is 1. The maximum absolute atomic E-state index is 13.6. The molecule has 208 valence electrons. The molecule has 0 radical (unpaired) electrons. The maximum Gasteiger partial charge on any atom is 0.307 e. The predicted molar refractivity (Wildman–Crippen MR) is 150 cm³/mol. The van der Waals surface area contributed by atoms with Crippen molar-refractivity contribution in [2.75, 3.05) is 32.0 Å². The fraction of sp³-hybridized carbons (Fsp3) is 0.138. The summed E-state index contributed by atoms with van der Waals surface area (Å²) in [5.74, 6) is -0.468. The first-order valence-electron chi connectivity index (χ1n) is 12.3. The molecule has 41 heavy (non-hydrogen) atoms. The third-order valence-corrected chi connectivity index (χ3v) is 7.03. The normalized spacial score (nSPS) is 13.8. The van der Waals surface area contributed by atoms with Crippen molar-refractivity contribution in [3.63, 3.8) is 0 Å². The molecular formula is C29H24N4O7S. The molecule has 1 aliphatic rings. The van der Waals surface area contributed by atoms with Gasteiger partial charge in [0.15, 0.2) is 22.6 Å². The summed E-state index contributed by atoms with van der Waals surface area (Å²) in [6.07, 6.45) is 1.60. The number of carbonyl (C=O) groups excluding carboxylic acids is 2. The molecule has 4 aromatic rings. The zero-order valence-corrected chi connectivity index (χ0v) is 23.1. The molecule has 1 aliphatic heterocycles. The average molecular weight is 573 g/mol. The van der Waals surface area contributed by atoms with Gasteiger partial charge in [-0.05, 0) is 41.1 Å². The summed E-state index contributed by atoms with van der Waals surface area (Å²) in [6, 6.07) is 20.9. The van der Waals surface area contributed by atoms with Crippen LogP contribution in [0.25, 0.3) is 11.8 Å². The van der Waals surface area contributed by atoms with E-state index in [1.54, 1.807) is 72.8 Å². The molecule has 0 atom stereocenters. The number of benzene rings is 3. The standard InChI is InChI=1S/C29H24N4O7S/c1-37-21-14-12-20(13-15-21)33-25(28(36)40-31-33)23(34)17-41-29-30-22(27(35)32(29)19-9-5-4-6-10-19)16-18-8-7-11-24(38-2)26(18)39-3/h4-16H,17H2,1-3H3/b22-16+. The lowest BCUT2D eigenvalue weighted by atomic mass is 10.1. The number of hydrogen-bond donors (Lipinski definition) is 0. The Kier molecular flexibility index (Phi) is 8.01. The number of ether oxygens (including phenoxy) is 3. The van der Waals surface area contributed by atoms with Gasteiger partial charge in [-0.15, -0.1) is 0 Å². The molecule has 1 aromatic heterocycles. The number of para-hydroxylation sites is 2. The number of aliphatic imine (C=N–C) groups is 1. The number of Topliss-reactive ketones (excluding diaryl/α,β-unsaturated/α-hetero) is 1. The van der Waals surface area contributed by atoms with Crippen molar-refractivity contribution >= 4 is 40.4 Å². The van der Waals surface area contributed by atoms with E-state index in [-0.39, 0.29) is 28.2 Å². The highest BCUT2D eigenvalue weighted by molar-refractivity contribution is 8.14.